The number of aryl methyl sites for hydroxylation is 1. The number of Topliss-reactive ketones (excluding diaryl/α,β-unsaturated/α-hetero) is 1. The Labute approximate surface area is 175 Å². The monoisotopic (exact) mass is 420 g/mol. The Morgan fingerprint density at radius 1 is 1.10 bits per heavy atom. The zero-order valence-electron chi connectivity index (χ0n) is 16.4. The minimum absolute atomic E-state index is 0.183. The van der Waals surface area contributed by atoms with Crippen molar-refractivity contribution in [3.05, 3.63) is 85.7 Å². The molecular weight excluding hydrogens is 402 g/mol. The summed E-state index contributed by atoms with van der Waals surface area (Å²) >= 11 is 1.64. The van der Waals surface area contributed by atoms with Crippen LogP contribution in [0.15, 0.2) is 52.6 Å². The minimum atomic E-state index is -1.50. The molecule has 0 aliphatic carbocycles. The Hall–Kier alpha value is -3.52. The van der Waals surface area contributed by atoms with Crippen LogP contribution in [0.1, 0.15) is 37.1 Å². The molecule has 0 aliphatic rings. The number of thiophene rings is 1. The Morgan fingerprint density at radius 2 is 1.83 bits per heavy atom. The van der Waals surface area contributed by atoms with E-state index in [1.165, 1.54) is 17.0 Å². The fraction of sp³-hybridized carbons (Fsp3) is 0.182. The van der Waals surface area contributed by atoms with Crippen LogP contribution in [-0.4, -0.2) is 26.1 Å². The van der Waals surface area contributed by atoms with E-state index in [2.05, 4.69) is 5.10 Å². The van der Waals surface area contributed by atoms with E-state index in [1.807, 2.05) is 35.9 Å². The van der Waals surface area contributed by atoms with Gasteiger partial charge in [-0.2, -0.15) is 5.10 Å². The van der Waals surface area contributed by atoms with E-state index in [1.54, 1.807) is 29.5 Å². The van der Waals surface area contributed by atoms with E-state index in [4.69, 9.17) is 0 Å². The summed E-state index contributed by atoms with van der Waals surface area (Å²) in [5.74, 6) is -1.81. The van der Waals surface area contributed by atoms with Crippen LogP contribution in [0.2, 0.25) is 0 Å². The third-order valence-electron chi connectivity index (χ3n) is 5.12. The van der Waals surface area contributed by atoms with Crippen molar-refractivity contribution in [2.45, 2.75) is 26.9 Å². The highest BCUT2D eigenvalue weighted by Crippen LogP contribution is 2.20. The molecule has 4 rings (SSSR count). The van der Waals surface area contributed by atoms with Gasteiger partial charge in [0.25, 0.3) is 5.56 Å². The van der Waals surface area contributed by atoms with Crippen LogP contribution in [0.3, 0.4) is 0 Å². The van der Waals surface area contributed by atoms with E-state index in [0.29, 0.717) is 12.1 Å². The topological polar surface area (TPSA) is 97.0 Å². The molecule has 7 nitrogen and oxygen atoms in total. The van der Waals surface area contributed by atoms with Gasteiger partial charge in [0.05, 0.1) is 17.9 Å². The number of aromatic carboxylic acids is 1. The Balaban J connectivity index is 1.71. The lowest BCUT2D eigenvalue weighted by molar-refractivity contribution is -0.255. The summed E-state index contributed by atoms with van der Waals surface area (Å²) in [6.45, 7) is 4.09. The first-order chi connectivity index (χ1) is 14.4. The van der Waals surface area contributed by atoms with Crippen LogP contribution in [0, 0.1) is 13.8 Å². The maximum absolute atomic E-state index is 13.0. The summed E-state index contributed by atoms with van der Waals surface area (Å²) in [6.07, 6.45) is 0. The molecule has 8 heteroatoms. The average molecular weight is 420 g/mol. The first-order valence-electron chi connectivity index (χ1n) is 9.30. The van der Waals surface area contributed by atoms with Gasteiger partial charge in [-0.05, 0) is 37.4 Å². The number of nitrogens with zero attached hydrogens (tertiary/aromatic N) is 3. The number of hydrogen-bond acceptors (Lipinski definition) is 6. The number of rotatable bonds is 6. The smallest absolute Gasteiger partial charge is 0.275 e. The SMILES string of the molecule is Cc1cc(C(=O)Cn2nc(C(=O)[O-])c3ccccc3c2=O)c(C)n1Cc1cccs1. The van der Waals surface area contributed by atoms with Gasteiger partial charge in [0.2, 0.25) is 0 Å². The maximum Gasteiger partial charge on any atom is 0.275 e. The van der Waals surface area contributed by atoms with Gasteiger partial charge < -0.3 is 14.5 Å². The summed E-state index contributed by atoms with van der Waals surface area (Å²) in [6, 6.07) is 12.1. The zero-order chi connectivity index (χ0) is 21.4. The quantitative estimate of drug-likeness (QED) is 0.446. The molecule has 1 aromatic carbocycles. The number of aromatic nitrogens is 3. The second-order valence-corrected chi connectivity index (χ2v) is 8.05. The fourth-order valence-electron chi connectivity index (χ4n) is 3.60. The van der Waals surface area contributed by atoms with Gasteiger partial charge in [-0.1, -0.05) is 24.3 Å². The molecule has 0 aliphatic heterocycles. The van der Waals surface area contributed by atoms with Gasteiger partial charge in [-0.3, -0.25) is 9.59 Å². The Morgan fingerprint density at radius 3 is 2.50 bits per heavy atom. The Bertz CT molecular complexity index is 1330. The lowest BCUT2D eigenvalue weighted by Gasteiger charge is -2.11. The molecule has 152 valence electrons. The number of fused-ring (bicyclic) bond motifs is 1. The number of carbonyl (C=O) groups is 2. The molecule has 0 spiro atoms. The van der Waals surface area contributed by atoms with Crippen LogP contribution < -0.4 is 10.7 Å². The molecule has 3 aromatic heterocycles. The molecule has 0 amide bonds. The average Bonchev–Trinajstić information content (AvgIpc) is 3.33. The summed E-state index contributed by atoms with van der Waals surface area (Å²) in [5, 5.41) is 17.8. The van der Waals surface area contributed by atoms with Gasteiger partial charge in [0.1, 0.15) is 12.2 Å². The van der Waals surface area contributed by atoms with Crippen LogP contribution in [0.5, 0.6) is 0 Å². The van der Waals surface area contributed by atoms with Crippen molar-refractivity contribution >= 4 is 33.9 Å². The normalized spacial score (nSPS) is 11.1. The fourth-order valence-corrected chi connectivity index (χ4v) is 4.29. The summed E-state index contributed by atoms with van der Waals surface area (Å²) in [4.78, 5) is 38.4. The molecule has 0 saturated heterocycles. The van der Waals surface area contributed by atoms with Crippen molar-refractivity contribution < 1.29 is 14.7 Å². The van der Waals surface area contributed by atoms with Gasteiger partial charge >= 0.3 is 0 Å². The molecular formula is C22H18N3O4S-. The van der Waals surface area contributed by atoms with Gasteiger partial charge in [-0.15, -0.1) is 11.3 Å². The minimum Gasteiger partial charge on any atom is -0.543 e. The number of carbonyl (C=O) groups excluding carboxylic acids is 2. The van der Waals surface area contributed by atoms with Gasteiger partial charge in [0.15, 0.2) is 5.78 Å². The van der Waals surface area contributed by atoms with Crippen molar-refractivity contribution in [1.29, 1.82) is 0 Å². The highest BCUT2D eigenvalue weighted by Gasteiger charge is 2.19. The van der Waals surface area contributed by atoms with E-state index in [9.17, 15) is 19.5 Å². The number of ketones is 1. The lowest BCUT2D eigenvalue weighted by Crippen LogP contribution is -2.32. The Kier molecular flexibility index (Phi) is 5.09. The molecule has 0 saturated carbocycles. The second-order valence-electron chi connectivity index (χ2n) is 7.02. The maximum atomic E-state index is 13.0. The van der Waals surface area contributed by atoms with Crippen molar-refractivity contribution in [2.24, 2.45) is 0 Å². The van der Waals surface area contributed by atoms with E-state index in [0.717, 1.165) is 16.1 Å². The number of carboxylic acids is 1. The van der Waals surface area contributed by atoms with Crippen LogP contribution in [0.4, 0.5) is 0 Å². The molecule has 0 atom stereocenters. The molecule has 0 radical (unpaired) electrons. The largest absolute Gasteiger partial charge is 0.543 e. The predicted octanol–water partition coefficient (Wildman–Crippen LogP) is 2.17. The highest BCUT2D eigenvalue weighted by atomic mass is 32.1. The van der Waals surface area contributed by atoms with Crippen LogP contribution in [0.25, 0.3) is 10.8 Å². The number of benzene rings is 1. The number of hydrogen-bond donors (Lipinski definition) is 0. The molecule has 0 fully saturated rings. The lowest BCUT2D eigenvalue weighted by atomic mass is 10.1. The predicted molar refractivity (Wildman–Crippen MR) is 112 cm³/mol. The van der Waals surface area contributed by atoms with Crippen molar-refractivity contribution in [3.8, 4) is 0 Å². The summed E-state index contributed by atoms with van der Waals surface area (Å²) in [5.41, 5.74) is 1.33. The molecule has 4 aromatic rings. The highest BCUT2D eigenvalue weighted by molar-refractivity contribution is 7.09. The number of carboxylic acid groups (broad SMARTS) is 1. The van der Waals surface area contributed by atoms with Gasteiger partial charge in [-0.25, -0.2) is 4.68 Å². The van der Waals surface area contributed by atoms with Gasteiger partial charge in [0, 0.05) is 27.2 Å². The third kappa shape index (κ3) is 3.46. The van der Waals surface area contributed by atoms with E-state index < -0.39 is 11.5 Å². The molecule has 0 unspecified atom stereocenters. The van der Waals surface area contributed by atoms with Crippen molar-refractivity contribution in [2.75, 3.05) is 0 Å². The first kappa shape index (κ1) is 19.8. The third-order valence-corrected chi connectivity index (χ3v) is 5.98. The van der Waals surface area contributed by atoms with E-state index >= 15 is 0 Å². The molecule has 3 heterocycles. The zero-order valence-corrected chi connectivity index (χ0v) is 17.2. The second kappa shape index (κ2) is 7.72. The summed E-state index contributed by atoms with van der Waals surface area (Å²) < 4.78 is 2.95. The molecule has 30 heavy (non-hydrogen) atoms. The standard InChI is InChI=1S/C22H19N3O4S/c1-13-10-18(14(2)24(13)11-15-6-5-9-30-15)19(26)12-25-21(27)17-8-4-3-7-16(17)20(23-25)22(28)29/h3-10H,11-12H2,1-2H3,(H,28,29)/p-1. The molecule has 0 N–H and O–H groups in total. The molecule has 0 bridgehead atoms. The van der Waals surface area contributed by atoms with Crippen LogP contribution in [-0.2, 0) is 13.1 Å². The van der Waals surface area contributed by atoms with Crippen LogP contribution >= 0.6 is 11.3 Å². The van der Waals surface area contributed by atoms with E-state index in [-0.39, 0.29) is 28.8 Å². The van der Waals surface area contributed by atoms with Crippen molar-refractivity contribution in [3.63, 3.8) is 0 Å². The van der Waals surface area contributed by atoms with Crippen molar-refractivity contribution in [1.82, 2.24) is 14.3 Å². The summed E-state index contributed by atoms with van der Waals surface area (Å²) in [7, 11) is 0. The first-order valence-corrected chi connectivity index (χ1v) is 10.2.